The summed E-state index contributed by atoms with van der Waals surface area (Å²) in [6.45, 7) is 3.71. The van der Waals surface area contributed by atoms with E-state index in [1.807, 2.05) is 6.07 Å². The van der Waals surface area contributed by atoms with Crippen LogP contribution in [0.15, 0.2) is 23.9 Å². The van der Waals surface area contributed by atoms with Crippen LogP contribution in [0.25, 0.3) is 5.57 Å². The molecular weight excluding hydrogens is 272 g/mol. The maximum Gasteiger partial charge on any atom is 0.339 e. The van der Waals surface area contributed by atoms with Gasteiger partial charge in [0, 0.05) is 11.8 Å². The van der Waals surface area contributed by atoms with E-state index in [1.165, 1.54) is 6.20 Å². The van der Waals surface area contributed by atoms with E-state index in [0.717, 1.165) is 0 Å². The topological polar surface area (TPSA) is 89.3 Å². The monoisotopic (exact) mass is 286 g/mol. The van der Waals surface area contributed by atoms with E-state index in [4.69, 9.17) is 9.47 Å². The summed E-state index contributed by atoms with van der Waals surface area (Å²) in [6, 6.07) is 5.21. The second kappa shape index (κ2) is 6.18. The molecule has 1 aliphatic carbocycles. The van der Waals surface area contributed by atoms with Crippen LogP contribution < -0.4 is 0 Å². The Hall–Kier alpha value is -2.68. The highest BCUT2D eigenvalue weighted by molar-refractivity contribution is 6.22. The highest BCUT2D eigenvalue weighted by Gasteiger charge is 2.41. The molecule has 6 heteroatoms. The Morgan fingerprint density at radius 2 is 2.05 bits per heavy atom. The molecule has 0 spiro atoms. The van der Waals surface area contributed by atoms with Crippen LogP contribution in [0, 0.1) is 11.3 Å². The smallest absolute Gasteiger partial charge is 0.339 e. The van der Waals surface area contributed by atoms with Crippen LogP contribution in [0.1, 0.15) is 31.0 Å². The van der Waals surface area contributed by atoms with Gasteiger partial charge in [0.05, 0.1) is 36.1 Å². The number of pyridine rings is 1. The molecule has 0 radical (unpaired) electrons. The molecule has 1 aliphatic rings. The number of carbonyl (C=O) groups is 2. The van der Waals surface area contributed by atoms with Gasteiger partial charge >= 0.3 is 11.9 Å². The van der Waals surface area contributed by atoms with Crippen molar-refractivity contribution in [3.63, 3.8) is 0 Å². The minimum absolute atomic E-state index is 0.0283. The number of aromatic nitrogens is 1. The summed E-state index contributed by atoms with van der Waals surface area (Å²) in [7, 11) is 0. The van der Waals surface area contributed by atoms with Crippen LogP contribution in [0.4, 0.5) is 0 Å². The van der Waals surface area contributed by atoms with Crippen molar-refractivity contribution in [1.29, 1.82) is 5.26 Å². The fourth-order valence-electron chi connectivity index (χ4n) is 2.28. The van der Waals surface area contributed by atoms with E-state index in [0.29, 0.717) is 11.3 Å². The Labute approximate surface area is 122 Å². The number of rotatable bonds is 4. The number of hydrogen-bond acceptors (Lipinski definition) is 6. The molecular formula is C15H14N2O4. The van der Waals surface area contributed by atoms with Gasteiger partial charge in [-0.2, -0.15) is 5.26 Å². The van der Waals surface area contributed by atoms with Crippen LogP contribution >= 0.6 is 0 Å². The average Bonchev–Trinajstić information content (AvgIpc) is 2.82. The van der Waals surface area contributed by atoms with Gasteiger partial charge in [-0.25, -0.2) is 4.79 Å². The van der Waals surface area contributed by atoms with Crippen LogP contribution in [0.2, 0.25) is 0 Å². The molecule has 0 aliphatic heterocycles. The maximum atomic E-state index is 12.1. The molecule has 0 saturated heterocycles. The summed E-state index contributed by atoms with van der Waals surface area (Å²) in [4.78, 5) is 28.3. The van der Waals surface area contributed by atoms with Crippen LogP contribution in [0.5, 0.6) is 0 Å². The van der Waals surface area contributed by atoms with Crippen LogP contribution in [-0.4, -0.2) is 30.1 Å². The van der Waals surface area contributed by atoms with Gasteiger partial charge in [0.1, 0.15) is 5.92 Å². The number of esters is 2. The maximum absolute atomic E-state index is 12.1. The van der Waals surface area contributed by atoms with E-state index in [2.05, 4.69) is 4.98 Å². The van der Waals surface area contributed by atoms with Gasteiger partial charge in [-0.15, -0.1) is 0 Å². The fraction of sp³-hybridized carbons (Fsp3) is 0.333. The molecule has 0 bridgehead atoms. The van der Waals surface area contributed by atoms with Gasteiger partial charge < -0.3 is 9.47 Å². The zero-order valence-electron chi connectivity index (χ0n) is 11.8. The predicted molar refractivity (Wildman–Crippen MR) is 72.8 cm³/mol. The molecule has 0 fully saturated rings. The molecule has 1 aromatic rings. The summed E-state index contributed by atoms with van der Waals surface area (Å²) in [5.74, 6) is -2.19. The van der Waals surface area contributed by atoms with Gasteiger partial charge in [-0.3, -0.25) is 9.78 Å². The van der Waals surface area contributed by atoms with Gasteiger partial charge in [0.25, 0.3) is 0 Å². The number of hydrogen-bond donors (Lipinski definition) is 0. The first-order chi connectivity index (χ1) is 10.2. The van der Waals surface area contributed by atoms with Crippen molar-refractivity contribution in [2.24, 2.45) is 0 Å². The lowest BCUT2D eigenvalue weighted by Gasteiger charge is -2.09. The number of nitriles is 1. The quantitative estimate of drug-likeness (QED) is 0.781. The zero-order chi connectivity index (χ0) is 15.4. The first-order valence-corrected chi connectivity index (χ1v) is 6.58. The Morgan fingerprint density at radius 1 is 1.33 bits per heavy atom. The van der Waals surface area contributed by atoms with Crippen molar-refractivity contribution in [3.8, 4) is 6.07 Å². The van der Waals surface area contributed by atoms with Crippen LogP contribution in [-0.2, 0) is 19.1 Å². The van der Waals surface area contributed by atoms with Crippen molar-refractivity contribution in [3.05, 3.63) is 35.2 Å². The highest BCUT2D eigenvalue weighted by atomic mass is 16.5. The number of fused-ring (bicyclic) bond motifs is 1. The third-order valence-electron chi connectivity index (χ3n) is 3.06. The standard InChI is InChI=1S/C15H14N2O4/c1-3-20-14(18)11-9-6-5-7-17-13(9)12(10(11)8-16)15(19)21-4-2/h5-7,12H,3-4H2,1-2H3/t12-/m0/s1. The van der Waals surface area contributed by atoms with E-state index in [9.17, 15) is 14.9 Å². The van der Waals surface area contributed by atoms with E-state index in [1.54, 1.807) is 26.0 Å². The minimum Gasteiger partial charge on any atom is -0.465 e. The highest BCUT2D eigenvalue weighted by Crippen LogP contribution is 2.41. The third kappa shape index (κ3) is 2.50. The molecule has 0 saturated carbocycles. The van der Waals surface area contributed by atoms with Gasteiger partial charge in [-0.1, -0.05) is 6.07 Å². The normalized spacial score (nSPS) is 16.1. The summed E-state index contributed by atoms with van der Waals surface area (Å²) in [6.07, 6.45) is 1.51. The first kappa shape index (κ1) is 14.7. The van der Waals surface area contributed by atoms with Crippen molar-refractivity contribution < 1.29 is 19.1 Å². The predicted octanol–water partition coefficient (Wildman–Crippen LogP) is 1.58. The molecule has 0 unspecified atom stereocenters. The molecule has 1 atom stereocenters. The number of carbonyl (C=O) groups excluding carboxylic acids is 2. The van der Waals surface area contributed by atoms with E-state index in [-0.39, 0.29) is 24.4 Å². The zero-order valence-corrected chi connectivity index (χ0v) is 11.8. The number of ether oxygens (including phenoxy) is 2. The Bertz CT molecular complexity index is 658. The Morgan fingerprint density at radius 3 is 2.67 bits per heavy atom. The Kier molecular flexibility index (Phi) is 4.33. The molecule has 108 valence electrons. The average molecular weight is 286 g/mol. The second-order valence-corrected chi connectivity index (χ2v) is 4.24. The van der Waals surface area contributed by atoms with Crippen molar-refractivity contribution in [2.75, 3.05) is 13.2 Å². The van der Waals surface area contributed by atoms with Crippen molar-refractivity contribution >= 4 is 17.5 Å². The molecule has 0 aromatic carbocycles. The molecule has 0 amide bonds. The lowest BCUT2D eigenvalue weighted by Crippen LogP contribution is -2.17. The van der Waals surface area contributed by atoms with Gasteiger partial charge in [-0.05, 0) is 19.9 Å². The molecule has 1 heterocycles. The lowest BCUT2D eigenvalue weighted by atomic mass is 10.0. The molecule has 21 heavy (non-hydrogen) atoms. The first-order valence-electron chi connectivity index (χ1n) is 6.58. The van der Waals surface area contributed by atoms with Crippen molar-refractivity contribution in [1.82, 2.24) is 4.98 Å². The summed E-state index contributed by atoms with van der Waals surface area (Å²) in [5, 5.41) is 9.36. The Balaban J connectivity index is 2.59. The lowest BCUT2D eigenvalue weighted by molar-refractivity contribution is -0.143. The summed E-state index contributed by atoms with van der Waals surface area (Å²) < 4.78 is 9.96. The van der Waals surface area contributed by atoms with Crippen LogP contribution in [0.3, 0.4) is 0 Å². The van der Waals surface area contributed by atoms with E-state index >= 15 is 0 Å². The van der Waals surface area contributed by atoms with Gasteiger partial charge in [0.2, 0.25) is 0 Å². The molecule has 6 nitrogen and oxygen atoms in total. The largest absolute Gasteiger partial charge is 0.465 e. The molecule has 0 N–H and O–H groups in total. The van der Waals surface area contributed by atoms with Gasteiger partial charge in [0.15, 0.2) is 0 Å². The summed E-state index contributed by atoms with van der Waals surface area (Å²) in [5.41, 5.74) is 0.933. The third-order valence-corrected chi connectivity index (χ3v) is 3.06. The number of nitrogens with zero attached hydrogens (tertiary/aromatic N) is 2. The fourth-order valence-corrected chi connectivity index (χ4v) is 2.28. The minimum atomic E-state index is -0.967. The van der Waals surface area contributed by atoms with E-state index < -0.39 is 17.9 Å². The van der Waals surface area contributed by atoms with Crippen molar-refractivity contribution in [2.45, 2.75) is 19.8 Å². The molecule has 1 aromatic heterocycles. The molecule has 2 rings (SSSR count). The second-order valence-electron chi connectivity index (χ2n) is 4.24. The SMILES string of the molecule is CCOC(=O)C1=C(C#N)[C@H](C(=O)OCC)c2ncccc21. The summed E-state index contributed by atoms with van der Waals surface area (Å²) >= 11 is 0.